The number of anilines is 2. The molecule has 0 bridgehead atoms. The highest BCUT2D eigenvalue weighted by atomic mass is 35.5. The molecular weight excluding hydrogens is 431 g/mol. The zero-order chi connectivity index (χ0) is 22.2. The van der Waals surface area contributed by atoms with E-state index in [1.54, 1.807) is 24.7 Å². The molecule has 0 aliphatic rings. The van der Waals surface area contributed by atoms with Gasteiger partial charge in [-0.1, -0.05) is 59.6 Å². The van der Waals surface area contributed by atoms with Crippen LogP contribution in [-0.2, 0) is 0 Å². The number of halogens is 2. The minimum Gasteiger partial charge on any atom is -0.349 e. The van der Waals surface area contributed by atoms with Crippen molar-refractivity contribution in [2.75, 3.05) is 10.6 Å². The number of aromatic nitrogens is 4. The largest absolute Gasteiger partial charge is 0.349 e. The van der Waals surface area contributed by atoms with Gasteiger partial charge in [0.15, 0.2) is 0 Å². The molecular formula is C23H26Cl2N6. The molecule has 2 unspecified atom stereocenters. The highest BCUT2D eigenvalue weighted by Gasteiger charge is 2.12. The highest BCUT2D eigenvalue weighted by molar-refractivity contribution is 6.42. The molecule has 0 saturated heterocycles. The second-order valence-electron chi connectivity index (χ2n) is 7.11. The lowest BCUT2D eigenvalue weighted by atomic mass is 10.0. The molecule has 4 N–H and O–H groups in total. The van der Waals surface area contributed by atoms with E-state index in [4.69, 9.17) is 23.2 Å². The molecule has 8 heteroatoms. The first-order valence-corrected chi connectivity index (χ1v) is 10.7. The van der Waals surface area contributed by atoms with Crippen LogP contribution >= 0.6 is 23.2 Å². The molecule has 0 fully saturated rings. The molecule has 2 aromatic heterocycles. The van der Waals surface area contributed by atoms with Gasteiger partial charge in [0, 0.05) is 24.8 Å². The summed E-state index contributed by atoms with van der Waals surface area (Å²) in [5, 5.41) is 7.65. The van der Waals surface area contributed by atoms with Crippen LogP contribution < -0.4 is 10.6 Å². The normalized spacial score (nSPS) is 12.4. The first-order valence-electron chi connectivity index (χ1n) is 9.97. The van der Waals surface area contributed by atoms with Crippen LogP contribution in [-0.4, -0.2) is 19.9 Å². The summed E-state index contributed by atoms with van der Waals surface area (Å²) in [7, 11) is 0. The van der Waals surface area contributed by atoms with Crippen LogP contribution in [0.4, 0.5) is 11.9 Å². The van der Waals surface area contributed by atoms with Crippen molar-refractivity contribution < 1.29 is 0 Å². The average molecular weight is 457 g/mol. The standard InChI is InChI=1S/C12H15N3.C11H11Cl2N3/c1-9-5-3-4-6-11(9)10(2)15-12-13-7-8-14-12;1-7(16-11-14-5-6-15-11)8-3-2-4-9(12)10(8)13/h3-8,10H,1-2H3,(H2,13,14,15);2-7H,1H3,(H2,14,15,16). The highest BCUT2D eigenvalue weighted by Crippen LogP contribution is 2.30. The third-order valence-corrected chi connectivity index (χ3v) is 5.64. The van der Waals surface area contributed by atoms with E-state index in [2.05, 4.69) is 68.7 Å². The number of hydrogen-bond acceptors (Lipinski definition) is 4. The molecule has 0 spiro atoms. The van der Waals surface area contributed by atoms with Crippen molar-refractivity contribution >= 4 is 35.1 Å². The summed E-state index contributed by atoms with van der Waals surface area (Å²) in [4.78, 5) is 14.2. The molecule has 2 aromatic carbocycles. The zero-order valence-corrected chi connectivity index (χ0v) is 19.2. The fourth-order valence-electron chi connectivity index (χ4n) is 3.18. The van der Waals surface area contributed by atoms with Crippen LogP contribution in [0.25, 0.3) is 0 Å². The van der Waals surface area contributed by atoms with Gasteiger partial charge in [0.05, 0.1) is 22.1 Å². The maximum atomic E-state index is 6.13. The van der Waals surface area contributed by atoms with E-state index in [-0.39, 0.29) is 12.1 Å². The van der Waals surface area contributed by atoms with Crippen LogP contribution in [0, 0.1) is 6.92 Å². The topological polar surface area (TPSA) is 81.4 Å². The summed E-state index contributed by atoms with van der Waals surface area (Å²) < 4.78 is 0. The van der Waals surface area contributed by atoms with Gasteiger partial charge in [-0.15, -0.1) is 0 Å². The Kier molecular flexibility index (Phi) is 7.98. The zero-order valence-electron chi connectivity index (χ0n) is 17.7. The van der Waals surface area contributed by atoms with Crippen molar-refractivity contribution in [2.24, 2.45) is 0 Å². The Morgan fingerprint density at radius 1 is 0.774 bits per heavy atom. The quantitative estimate of drug-likeness (QED) is 0.257. The van der Waals surface area contributed by atoms with Crippen molar-refractivity contribution in [1.29, 1.82) is 0 Å². The van der Waals surface area contributed by atoms with Gasteiger partial charge < -0.3 is 20.6 Å². The van der Waals surface area contributed by atoms with Crippen LogP contribution in [0.15, 0.2) is 67.3 Å². The fraction of sp³-hybridized carbons (Fsp3) is 0.217. The van der Waals surface area contributed by atoms with Crippen molar-refractivity contribution in [2.45, 2.75) is 32.9 Å². The monoisotopic (exact) mass is 456 g/mol. The predicted molar refractivity (Wildman–Crippen MR) is 129 cm³/mol. The van der Waals surface area contributed by atoms with Gasteiger partial charge in [-0.2, -0.15) is 0 Å². The Morgan fingerprint density at radius 3 is 1.87 bits per heavy atom. The Balaban J connectivity index is 0.000000176. The number of nitrogens with zero attached hydrogens (tertiary/aromatic N) is 2. The Bertz CT molecular complexity index is 1060. The lowest BCUT2D eigenvalue weighted by molar-refractivity contribution is 0.858. The number of rotatable bonds is 6. The Morgan fingerprint density at radius 2 is 1.32 bits per heavy atom. The van der Waals surface area contributed by atoms with E-state index < -0.39 is 0 Å². The van der Waals surface area contributed by atoms with Gasteiger partial charge in [0.1, 0.15) is 0 Å². The molecule has 31 heavy (non-hydrogen) atoms. The molecule has 6 nitrogen and oxygen atoms in total. The van der Waals surface area contributed by atoms with E-state index in [0.717, 1.165) is 11.5 Å². The summed E-state index contributed by atoms with van der Waals surface area (Å²) >= 11 is 12.1. The smallest absolute Gasteiger partial charge is 0.200 e. The van der Waals surface area contributed by atoms with Crippen LogP contribution in [0.1, 0.15) is 42.6 Å². The second-order valence-corrected chi connectivity index (χ2v) is 7.89. The summed E-state index contributed by atoms with van der Waals surface area (Å²) in [5.74, 6) is 1.52. The lowest BCUT2D eigenvalue weighted by Gasteiger charge is -2.15. The first-order chi connectivity index (χ1) is 15.0. The summed E-state index contributed by atoms with van der Waals surface area (Å²) in [6.07, 6.45) is 7.00. The molecule has 0 amide bonds. The number of aryl methyl sites for hydroxylation is 1. The SMILES string of the molecule is CC(Nc1ncc[nH]1)c1cccc(Cl)c1Cl.Cc1ccccc1C(C)Nc1ncc[nH]1. The lowest BCUT2D eigenvalue weighted by Crippen LogP contribution is -2.08. The second kappa shape index (κ2) is 10.9. The molecule has 4 rings (SSSR count). The van der Waals surface area contributed by atoms with Gasteiger partial charge in [-0.3, -0.25) is 0 Å². The van der Waals surface area contributed by atoms with Gasteiger partial charge in [-0.25, -0.2) is 9.97 Å². The molecule has 0 radical (unpaired) electrons. The van der Waals surface area contributed by atoms with E-state index in [1.165, 1.54) is 11.1 Å². The summed E-state index contributed by atoms with van der Waals surface area (Å²) in [5.41, 5.74) is 3.54. The van der Waals surface area contributed by atoms with E-state index in [0.29, 0.717) is 16.0 Å². The molecule has 0 saturated carbocycles. The van der Waals surface area contributed by atoms with Crippen molar-refractivity contribution in [1.82, 2.24) is 19.9 Å². The van der Waals surface area contributed by atoms with E-state index >= 15 is 0 Å². The third kappa shape index (κ3) is 6.26. The fourth-order valence-corrected chi connectivity index (χ4v) is 3.65. The number of imidazole rings is 2. The van der Waals surface area contributed by atoms with Crippen molar-refractivity contribution in [3.63, 3.8) is 0 Å². The molecule has 2 heterocycles. The number of nitrogens with one attached hydrogen (secondary N) is 4. The third-order valence-electron chi connectivity index (χ3n) is 4.81. The number of benzene rings is 2. The minimum absolute atomic E-state index is 0.0392. The maximum absolute atomic E-state index is 6.13. The van der Waals surface area contributed by atoms with Crippen LogP contribution in [0.3, 0.4) is 0 Å². The summed E-state index contributed by atoms with van der Waals surface area (Å²) in [6, 6.07) is 14.3. The van der Waals surface area contributed by atoms with Gasteiger partial charge in [0.25, 0.3) is 0 Å². The van der Waals surface area contributed by atoms with E-state index in [1.807, 2.05) is 25.3 Å². The average Bonchev–Trinajstić information content (AvgIpc) is 3.45. The Labute approximate surface area is 192 Å². The minimum atomic E-state index is 0.0392. The molecule has 0 aliphatic heterocycles. The van der Waals surface area contributed by atoms with Crippen molar-refractivity contribution in [3.05, 3.63) is 94.0 Å². The molecule has 4 aromatic rings. The predicted octanol–water partition coefficient (Wildman–Crippen LogP) is 6.78. The maximum Gasteiger partial charge on any atom is 0.200 e. The Hall–Kier alpha value is -2.96. The number of aromatic amines is 2. The van der Waals surface area contributed by atoms with Crippen LogP contribution in [0.2, 0.25) is 10.0 Å². The van der Waals surface area contributed by atoms with Crippen LogP contribution in [0.5, 0.6) is 0 Å². The number of H-pyrrole nitrogens is 2. The molecule has 2 atom stereocenters. The summed E-state index contributed by atoms with van der Waals surface area (Å²) in [6.45, 7) is 6.25. The van der Waals surface area contributed by atoms with E-state index in [9.17, 15) is 0 Å². The molecule has 0 aliphatic carbocycles. The van der Waals surface area contributed by atoms with Gasteiger partial charge in [-0.05, 0) is 43.5 Å². The molecule has 162 valence electrons. The first kappa shape index (κ1) is 22.7. The number of hydrogen-bond donors (Lipinski definition) is 4. The van der Waals surface area contributed by atoms with Gasteiger partial charge >= 0.3 is 0 Å². The van der Waals surface area contributed by atoms with Crippen molar-refractivity contribution in [3.8, 4) is 0 Å². The van der Waals surface area contributed by atoms with Gasteiger partial charge in [0.2, 0.25) is 11.9 Å².